The van der Waals surface area contributed by atoms with E-state index in [1.165, 1.54) is 11.1 Å². The number of nitrogens with two attached hydrogens (primary N) is 1. The number of nitriles is 1. The molecule has 0 unspecified atom stereocenters. The molecule has 4 rings (SSSR count). The van der Waals surface area contributed by atoms with Crippen LogP contribution in [0.3, 0.4) is 0 Å². The second kappa shape index (κ2) is 8.49. The lowest BCUT2D eigenvalue weighted by Crippen LogP contribution is -2.35. The van der Waals surface area contributed by atoms with Crippen LogP contribution in [0.4, 0.5) is 0 Å². The van der Waals surface area contributed by atoms with Crippen molar-refractivity contribution < 1.29 is 4.74 Å². The fourth-order valence-corrected chi connectivity index (χ4v) is 3.66. The Balaban J connectivity index is 1.76. The molecule has 1 fully saturated rings. The van der Waals surface area contributed by atoms with Crippen LogP contribution >= 0.6 is 0 Å². The number of aromatic nitrogens is 1. The van der Waals surface area contributed by atoms with E-state index < -0.39 is 0 Å². The van der Waals surface area contributed by atoms with Crippen LogP contribution in [0.1, 0.15) is 16.7 Å². The molecule has 28 heavy (non-hydrogen) atoms. The van der Waals surface area contributed by atoms with E-state index >= 15 is 0 Å². The molecular weight excluding hydrogens is 348 g/mol. The zero-order valence-electron chi connectivity index (χ0n) is 15.9. The third-order valence-electron chi connectivity index (χ3n) is 5.21. The van der Waals surface area contributed by atoms with E-state index in [2.05, 4.69) is 41.3 Å². The van der Waals surface area contributed by atoms with Crippen LogP contribution in [0, 0.1) is 11.3 Å². The van der Waals surface area contributed by atoms with Crippen LogP contribution in [0.15, 0.2) is 48.5 Å². The molecule has 0 bridgehead atoms. The largest absolute Gasteiger partial charge is 0.379 e. The molecule has 0 radical (unpaired) electrons. The molecule has 2 aromatic carbocycles. The van der Waals surface area contributed by atoms with Crippen molar-refractivity contribution in [1.82, 2.24) is 9.88 Å². The average molecular weight is 372 g/mol. The van der Waals surface area contributed by atoms with E-state index in [0.29, 0.717) is 12.1 Å². The van der Waals surface area contributed by atoms with Crippen molar-refractivity contribution >= 4 is 10.9 Å². The summed E-state index contributed by atoms with van der Waals surface area (Å²) >= 11 is 0. The quantitative estimate of drug-likeness (QED) is 0.745. The molecule has 0 spiro atoms. The lowest BCUT2D eigenvalue weighted by atomic mass is 10.0. The molecule has 0 atom stereocenters. The Morgan fingerprint density at radius 1 is 1.07 bits per heavy atom. The van der Waals surface area contributed by atoms with E-state index in [0.717, 1.165) is 61.4 Å². The number of hydrogen-bond donors (Lipinski definition) is 1. The van der Waals surface area contributed by atoms with Crippen molar-refractivity contribution in [2.75, 3.05) is 32.8 Å². The Labute approximate surface area is 165 Å². The highest BCUT2D eigenvalue weighted by Crippen LogP contribution is 2.27. The van der Waals surface area contributed by atoms with Crippen LogP contribution in [-0.2, 0) is 17.7 Å². The first-order valence-electron chi connectivity index (χ1n) is 9.70. The Hall–Kier alpha value is -2.78. The van der Waals surface area contributed by atoms with Crippen molar-refractivity contribution in [3.05, 3.63) is 65.2 Å². The fourth-order valence-electron chi connectivity index (χ4n) is 3.66. The van der Waals surface area contributed by atoms with Gasteiger partial charge in [-0.15, -0.1) is 0 Å². The first kappa shape index (κ1) is 18.6. The van der Waals surface area contributed by atoms with E-state index in [9.17, 15) is 5.26 Å². The fraction of sp³-hybridized carbons (Fsp3) is 0.304. The summed E-state index contributed by atoms with van der Waals surface area (Å²) < 4.78 is 5.48. The number of morpholine rings is 1. The van der Waals surface area contributed by atoms with Crippen molar-refractivity contribution in [3.8, 4) is 17.3 Å². The van der Waals surface area contributed by atoms with Gasteiger partial charge in [-0.25, -0.2) is 4.98 Å². The number of ether oxygens (including phenoxy) is 1. The average Bonchev–Trinajstić information content (AvgIpc) is 2.74. The molecule has 2 N–H and O–H groups in total. The predicted octanol–water partition coefficient (Wildman–Crippen LogP) is 3.11. The highest BCUT2D eigenvalue weighted by Gasteiger charge is 2.15. The third-order valence-corrected chi connectivity index (χ3v) is 5.21. The van der Waals surface area contributed by atoms with Crippen molar-refractivity contribution in [1.29, 1.82) is 5.26 Å². The first-order chi connectivity index (χ1) is 13.8. The van der Waals surface area contributed by atoms with Gasteiger partial charge in [0.15, 0.2) is 0 Å². The van der Waals surface area contributed by atoms with Gasteiger partial charge in [-0.1, -0.05) is 30.3 Å². The number of benzene rings is 2. The van der Waals surface area contributed by atoms with E-state index in [-0.39, 0.29) is 0 Å². The normalized spacial score (nSPS) is 14.9. The van der Waals surface area contributed by atoms with Crippen LogP contribution in [0.25, 0.3) is 22.2 Å². The molecule has 5 heteroatoms. The van der Waals surface area contributed by atoms with Gasteiger partial charge in [0, 0.05) is 30.6 Å². The number of nitrogens with zero attached hydrogens (tertiary/aromatic N) is 3. The van der Waals surface area contributed by atoms with Gasteiger partial charge in [-0.2, -0.15) is 5.26 Å². The first-order valence-corrected chi connectivity index (χ1v) is 9.70. The molecule has 1 aliphatic heterocycles. The summed E-state index contributed by atoms with van der Waals surface area (Å²) in [5, 5.41) is 10.4. The predicted molar refractivity (Wildman–Crippen MR) is 111 cm³/mol. The van der Waals surface area contributed by atoms with Crippen LogP contribution in [-0.4, -0.2) is 42.7 Å². The zero-order valence-corrected chi connectivity index (χ0v) is 15.9. The Bertz CT molecular complexity index is 1000. The zero-order chi connectivity index (χ0) is 19.3. The molecule has 2 heterocycles. The summed E-state index contributed by atoms with van der Waals surface area (Å²) in [5.74, 6) is 0. The topological polar surface area (TPSA) is 75.2 Å². The number of hydrogen-bond acceptors (Lipinski definition) is 5. The van der Waals surface area contributed by atoms with Crippen molar-refractivity contribution in [2.24, 2.45) is 5.73 Å². The highest BCUT2D eigenvalue weighted by molar-refractivity contribution is 5.86. The highest BCUT2D eigenvalue weighted by atomic mass is 16.5. The molecule has 0 saturated carbocycles. The van der Waals surface area contributed by atoms with Gasteiger partial charge in [0.2, 0.25) is 0 Å². The van der Waals surface area contributed by atoms with Crippen LogP contribution in [0.5, 0.6) is 0 Å². The molecule has 3 aromatic rings. The van der Waals surface area contributed by atoms with Gasteiger partial charge in [0.25, 0.3) is 0 Å². The smallest absolute Gasteiger partial charge is 0.0992 e. The van der Waals surface area contributed by atoms with E-state index in [4.69, 9.17) is 15.5 Å². The summed E-state index contributed by atoms with van der Waals surface area (Å²) in [5.41, 5.74) is 11.6. The number of rotatable bonds is 5. The maximum absolute atomic E-state index is 9.28. The minimum atomic E-state index is 0.632. The van der Waals surface area contributed by atoms with Gasteiger partial charge in [0.05, 0.1) is 36.1 Å². The second-order valence-corrected chi connectivity index (χ2v) is 7.13. The Morgan fingerprint density at radius 2 is 1.86 bits per heavy atom. The van der Waals surface area contributed by atoms with Gasteiger partial charge < -0.3 is 10.5 Å². The molecule has 0 aliphatic carbocycles. The summed E-state index contributed by atoms with van der Waals surface area (Å²) in [6.07, 6.45) is 0.874. The molecular formula is C23H24N4O. The Morgan fingerprint density at radius 3 is 2.57 bits per heavy atom. The monoisotopic (exact) mass is 372 g/mol. The maximum Gasteiger partial charge on any atom is 0.0992 e. The van der Waals surface area contributed by atoms with E-state index in [1.807, 2.05) is 18.2 Å². The van der Waals surface area contributed by atoms with Gasteiger partial charge in [0.1, 0.15) is 0 Å². The lowest BCUT2D eigenvalue weighted by molar-refractivity contribution is 0.0344. The number of pyridine rings is 1. The molecule has 1 aliphatic rings. The van der Waals surface area contributed by atoms with Gasteiger partial charge in [-0.05, 0) is 42.3 Å². The van der Waals surface area contributed by atoms with Gasteiger partial charge >= 0.3 is 0 Å². The molecule has 5 nitrogen and oxygen atoms in total. The van der Waals surface area contributed by atoms with Gasteiger partial charge in [-0.3, -0.25) is 4.90 Å². The van der Waals surface area contributed by atoms with Crippen molar-refractivity contribution in [3.63, 3.8) is 0 Å². The standard InChI is InChI=1S/C23H24N4O/c24-8-7-17-1-4-19(5-2-17)22-14-20(16-27-9-11-28-12-10-27)21-6-3-18(15-25)13-23(21)26-22/h1-6,13-14H,7-12,16,24H2. The minimum absolute atomic E-state index is 0.632. The molecule has 1 aromatic heterocycles. The minimum Gasteiger partial charge on any atom is -0.379 e. The number of fused-ring (bicyclic) bond motifs is 1. The molecule has 0 amide bonds. The summed E-state index contributed by atoms with van der Waals surface area (Å²) in [4.78, 5) is 7.27. The SMILES string of the molecule is N#Cc1ccc2c(CN3CCOCC3)cc(-c3ccc(CCN)cc3)nc2c1. The summed E-state index contributed by atoms with van der Waals surface area (Å²) in [7, 11) is 0. The van der Waals surface area contributed by atoms with Crippen LogP contribution < -0.4 is 5.73 Å². The summed E-state index contributed by atoms with van der Waals surface area (Å²) in [6, 6.07) is 18.6. The lowest BCUT2D eigenvalue weighted by Gasteiger charge is -2.27. The molecule has 1 saturated heterocycles. The molecule has 142 valence electrons. The summed E-state index contributed by atoms with van der Waals surface area (Å²) in [6.45, 7) is 4.92. The van der Waals surface area contributed by atoms with Crippen molar-refractivity contribution in [2.45, 2.75) is 13.0 Å². The second-order valence-electron chi connectivity index (χ2n) is 7.13. The Kier molecular flexibility index (Phi) is 5.63. The third kappa shape index (κ3) is 4.05. The van der Waals surface area contributed by atoms with E-state index in [1.54, 1.807) is 0 Å². The van der Waals surface area contributed by atoms with Crippen LogP contribution in [0.2, 0.25) is 0 Å². The maximum atomic E-state index is 9.28.